The average molecular weight is 1760 g/mol. The maximum Gasteiger partial charge on any atom is 0.164 e. The summed E-state index contributed by atoms with van der Waals surface area (Å²) in [6.45, 7) is 0. The van der Waals surface area contributed by atoms with Gasteiger partial charge in [-0.15, -0.1) is 0 Å². The van der Waals surface area contributed by atoms with Crippen LogP contribution in [-0.4, -0.2) is 44.9 Å². The Hall–Kier alpha value is -18.6. The molecule has 0 unspecified atom stereocenters. The number of aromatic nitrogens is 9. The second kappa shape index (κ2) is 36.5. The summed E-state index contributed by atoms with van der Waals surface area (Å²) in [5.41, 5.74) is 20.1. The minimum Gasteiger partial charge on any atom is -0.208 e. The summed E-state index contributed by atoms with van der Waals surface area (Å²) >= 11 is 0. The summed E-state index contributed by atoms with van der Waals surface area (Å²) in [5, 5.41) is 21.8. The molecule has 9 nitrogen and oxygen atoms in total. The zero-order chi connectivity index (χ0) is 91.6. The normalized spacial score (nSPS) is 11.3. The van der Waals surface area contributed by atoms with E-state index in [0.717, 1.165) is 111 Å². The van der Waals surface area contributed by atoms with Crippen LogP contribution in [0.2, 0.25) is 0 Å². The van der Waals surface area contributed by atoms with Crippen molar-refractivity contribution in [2.75, 3.05) is 0 Å². The van der Waals surface area contributed by atoms with Crippen molar-refractivity contribution >= 4 is 97.0 Å². The first kappa shape index (κ1) is 82.6. The zero-order valence-corrected chi connectivity index (χ0v) is 74.9. The molecule has 0 aliphatic carbocycles. The Morgan fingerprint density at radius 1 is 0.0942 bits per heavy atom. The van der Waals surface area contributed by atoms with Gasteiger partial charge in [0.2, 0.25) is 0 Å². The summed E-state index contributed by atoms with van der Waals surface area (Å²) in [5.74, 6) is 5.84. The number of rotatable bonds is 14. The molecule has 0 aliphatic rings. The third-order valence-corrected chi connectivity index (χ3v) is 26.1. The largest absolute Gasteiger partial charge is 0.208 e. The lowest BCUT2D eigenvalue weighted by atomic mass is 9.90. The molecule has 9 heteroatoms. The van der Waals surface area contributed by atoms with Gasteiger partial charge < -0.3 is 0 Å². The minimum absolute atomic E-state index is 0.635. The predicted octanol–water partition coefficient (Wildman–Crippen LogP) is 33.3. The zero-order valence-electron chi connectivity index (χ0n) is 74.9. The highest BCUT2D eigenvalue weighted by Crippen LogP contribution is 2.45. The first-order valence-electron chi connectivity index (χ1n) is 46.5. The Morgan fingerprint density at radius 2 is 0.283 bits per heavy atom. The molecule has 3 aromatic heterocycles. The Bertz CT molecular complexity index is 8860. The molecule has 0 bridgehead atoms. The Balaban J connectivity index is 0.000000113. The average Bonchev–Trinajstić information content (AvgIpc) is 0.747. The second-order valence-corrected chi connectivity index (χ2v) is 34.6. The van der Waals surface area contributed by atoms with E-state index in [4.69, 9.17) is 44.9 Å². The van der Waals surface area contributed by atoms with Gasteiger partial charge in [0, 0.05) is 60.8 Å². The fourth-order valence-electron chi connectivity index (χ4n) is 19.3. The van der Waals surface area contributed by atoms with Crippen LogP contribution >= 0.6 is 0 Å². The molecule has 23 aromatic carbocycles. The number of benzene rings is 23. The van der Waals surface area contributed by atoms with Crippen molar-refractivity contribution < 1.29 is 0 Å². The number of hydrogen-bond acceptors (Lipinski definition) is 9. The molecule has 0 fully saturated rings. The van der Waals surface area contributed by atoms with Gasteiger partial charge >= 0.3 is 0 Å². The molecule has 644 valence electrons. The van der Waals surface area contributed by atoms with Gasteiger partial charge in [0.05, 0.1) is 0 Å². The van der Waals surface area contributed by atoms with Gasteiger partial charge in [0.25, 0.3) is 0 Å². The summed E-state index contributed by atoms with van der Waals surface area (Å²) in [7, 11) is 0. The standard InChI is InChI=1S/2C45H29N3.C39H25N3/c1-4-13-30(14-5-1)36-27-37(31-15-6-2-7-16-31)29-38(28-36)44-46-43(35-18-8-3-9-19-35)47-45(48-44)40-22-12-20-33-25-26-34-24-23-32-17-10-11-21-39(32)41(34)42(33)40;1-3-10-30(11-4-1)32-18-26-37(27-19-32)43-46-44(38-28-20-33(21-29-38)31-12-5-2-6-13-31)48-45(47-43)40-17-9-15-35-24-25-36-23-22-34-14-7-8-16-39(34)41(36)42(35)40;1-3-12-29(13-4-1)37-40-38(30-14-5-2-6-15-30)42-39(41-37)32-18-9-17-31(25-32)34-20-10-16-27-23-24-28-22-21-26-11-7-8-19-33(26)36(28)35(27)34/h2*1-29H;1-25H. The van der Waals surface area contributed by atoms with Crippen LogP contribution in [0.1, 0.15) is 0 Å². The van der Waals surface area contributed by atoms with Gasteiger partial charge in [-0.3, -0.25) is 0 Å². The van der Waals surface area contributed by atoms with Gasteiger partial charge in [-0.25, -0.2) is 44.9 Å². The van der Waals surface area contributed by atoms with E-state index in [0.29, 0.717) is 52.4 Å². The van der Waals surface area contributed by atoms with Crippen molar-refractivity contribution in [2.45, 2.75) is 0 Å². The maximum absolute atomic E-state index is 5.28. The molecule has 0 saturated heterocycles. The summed E-state index contributed by atoms with van der Waals surface area (Å²) in [6, 6.07) is 176. The molecule has 0 N–H and O–H groups in total. The van der Waals surface area contributed by atoms with Crippen LogP contribution in [0.25, 0.3) is 255 Å². The molecule has 0 saturated carbocycles. The Kier molecular flexibility index (Phi) is 21.9. The summed E-state index contributed by atoms with van der Waals surface area (Å²) in [6.07, 6.45) is 0. The fraction of sp³-hybridized carbons (Fsp3) is 0. The molecule has 26 aromatic rings. The second-order valence-electron chi connectivity index (χ2n) is 34.6. The summed E-state index contributed by atoms with van der Waals surface area (Å²) in [4.78, 5) is 45.8. The first-order chi connectivity index (χ1) is 68.4. The van der Waals surface area contributed by atoms with Crippen molar-refractivity contribution in [1.82, 2.24) is 44.9 Å². The van der Waals surface area contributed by atoms with Gasteiger partial charge in [-0.2, -0.15) is 0 Å². The lowest BCUT2D eigenvalue weighted by Gasteiger charge is -2.14. The third kappa shape index (κ3) is 16.3. The van der Waals surface area contributed by atoms with Crippen LogP contribution < -0.4 is 0 Å². The molecule has 0 aliphatic heterocycles. The van der Waals surface area contributed by atoms with E-state index in [2.05, 4.69) is 400 Å². The van der Waals surface area contributed by atoms with Gasteiger partial charge in [-0.05, 0) is 166 Å². The number of hydrogen-bond donors (Lipinski definition) is 0. The number of nitrogens with zero attached hydrogens (tertiary/aromatic N) is 9. The fourth-order valence-corrected chi connectivity index (χ4v) is 19.3. The summed E-state index contributed by atoms with van der Waals surface area (Å²) < 4.78 is 0. The van der Waals surface area contributed by atoms with Crippen molar-refractivity contribution in [3.63, 3.8) is 0 Å². The van der Waals surface area contributed by atoms with Crippen LogP contribution in [0.4, 0.5) is 0 Å². The van der Waals surface area contributed by atoms with Gasteiger partial charge in [-0.1, -0.05) is 479 Å². The van der Waals surface area contributed by atoms with Crippen molar-refractivity contribution in [3.8, 4) is 158 Å². The Labute approximate surface area is 797 Å². The maximum atomic E-state index is 5.28. The number of fused-ring (bicyclic) bond motifs is 15. The van der Waals surface area contributed by atoms with E-state index in [-0.39, 0.29) is 0 Å². The molecule has 0 atom stereocenters. The molecule has 26 rings (SSSR count). The highest BCUT2D eigenvalue weighted by Gasteiger charge is 2.23. The van der Waals surface area contributed by atoms with E-state index in [9.17, 15) is 0 Å². The van der Waals surface area contributed by atoms with Crippen molar-refractivity contribution in [2.24, 2.45) is 0 Å². The van der Waals surface area contributed by atoms with Crippen LogP contribution in [0.15, 0.2) is 504 Å². The SMILES string of the molecule is c1ccc(-c2cc(-c3ccccc3)cc(-c3nc(-c4ccccc4)nc(-c4cccc5ccc6ccc7ccccc7c6c45)n3)c2)cc1.c1ccc(-c2ccc(-c3nc(-c4ccc(-c5ccccc5)cc4)nc(-c4cccc5ccc6ccc7ccccc7c6c45)n3)cc2)cc1.c1ccc(-c2nc(-c3ccccc3)nc(-c3cccc(-c4cccc5ccc6ccc7ccccc7c6c45)c3)n2)cc1. The van der Waals surface area contributed by atoms with E-state index in [1.165, 1.54) is 92.1 Å². The van der Waals surface area contributed by atoms with Crippen LogP contribution in [0.5, 0.6) is 0 Å². The van der Waals surface area contributed by atoms with Crippen molar-refractivity contribution in [1.29, 1.82) is 0 Å². The molecule has 0 spiro atoms. The first-order valence-corrected chi connectivity index (χ1v) is 46.5. The third-order valence-electron chi connectivity index (χ3n) is 26.1. The van der Waals surface area contributed by atoms with E-state index < -0.39 is 0 Å². The van der Waals surface area contributed by atoms with Crippen LogP contribution in [0, 0.1) is 0 Å². The van der Waals surface area contributed by atoms with E-state index in [1.807, 2.05) is 103 Å². The highest BCUT2D eigenvalue weighted by atomic mass is 15.1. The van der Waals surface area contributed by atoms with E-state index >= 15 is 0 Å². The molecular weight excluding hydrogens is 1680 g/mol. The van der Waals surface area contributed by atoms with E-state index in [1.54, 1.807) is 0 Å². The smallest absolute Gasteiger partial charge is 0.164 e. The van der Waals surface area contributed by atoms with Gasteiger partial charge in [0.1, 0.15) is 0 Å². The Morgan fingerprint density at radius 3 is 0.616 bits per heavy atom. The quantitative estimate of drug-likeness (QED) is 0.0981. The minimum atomic E-state index is 0.635. The lowest BCUT2D eigenvalue weighted by Crippen LogP contribution is -2.01. The molecule has 3 heterocycles. The van der Waals surface area contributed by atoms with Crippen LogP contribution in [0.3, 0.4) is 0 Å². The molecule has 138 heavy (non-hydrogen) atoms. The van der Waals surface area contributed by atoms with Crippen molar-refractivity contribution in [3.05, 3.63) is 504 Å². The molecular formula is C129H83N9. The predicted molar refractivity (Wildman–Crippen MR) is 573 cm³/mol. The monoisotopic (exact) mass is 1760 g/mol. The molecule has 0 radical (unpaired) electrons. The topological polar surface area (TPSA) is 116 Å². The highest BCUT2D eigenvalue weighted by molar-refractivity contribution is 6.26. The van der Waals surface area contributed by atoms with Crippen LogP contribution in [-0.2, 0) is 0 Å². The van der Waals surface area contributed by atoms with Gasteiger partial charge in [0.15, 0.2) is 52.4 Å². The molecule has 0 amide bonds. The lowest BCUT2D eigenvalue weighted by molar-refractivity contribution is 1.07.